The summed E-state index contributed by atoms with van der Waals surface area (Å²) in [5, 5.41) is 6.72. The second-order valence-corrected chi connectivity index (χ2v) is 3.97. The average molecular weight is 301 g/mol. The quantitative estimate of drug-likeness (QED) is 0.894. The zero-order valence-corrected chi connectivity index (χ0v) is 12.3. The molecule has 0 aromatic carbocycles. The molecule has 0 spiro atoms. The maximum Gasteiger partial charge on any atom is 0.0270 e. The molecule has 1 aliphatic rings. The Labute approximate surface area is 121 Å². The van der Waals surface area contributed by atoms with Crippen molar-refractivity contribution in [2.24, 2.45) is 0 Å². The van der Waals surface area contributed by atoms with Crippen LogP contribution in [-0.2, 0) is 5.41 Å². The van der Waals surface area contributed by atoms with Crippen LogP contribution in [0, 0.1) is 0 Å². The molecule has 1 fully saturated rings. The highest BCUT2D eigenvalue weighted by Crippen LogP contribution is 2.29. The van der Waals surface area contributed by atoms with Crippen LogP contribution in [0.2, 0.25) is 0 Å². The zero-order chi connectivity index (χ0) is 9.86. The first-order chi connectivity index (χ1) is 6.87. The van der Waals surface area contributed by atoms with Gasteiger partial charge in [0.05, 0.1) is 0 Å². The lowest BCUT2D eigenvalue weighted by Crippen LogP contribution is -2.38. The van der Waals surface area contributed by atoms with Crippen LogP contribution in [-0.4, -0.2) is 31.7 Å². The molecule has 1 unspecified atom stereocenters. The lowest BCUT2D eigenvalue weighted by atomic mass is 9.80. The Kier molecular flexibility index (Phi) is 10.2. The zero-order valence-electron chi connectivity index (χ0n) is 9.81. The summed E-state index contributed by atoms with van der Waals surface area (Å²) >= 11 is 0. The number of nitrogens with zero attached hydrogens (tertiary/aromatic N) is 1. The molecule has 0 aliphatic carbocycles. The Hall–Kier alpha value is -0.0600. The average Bonchev–Trinajstić information content (AvgIpc) is 2.70. The molecular weight excluding hydrogens is 281 g/mol. The van der Waals surface area contributed by atoms with Crippen LogP contribution in [0.15, 0.2) is 24.5 Å². The summed E-state index contributed by atoms with van der Waals surface area (Å²) in [6.45, 7) is 3.21. The smallest absolute Gasteiger partial charge is 0.0270 e. The molecular formula is C11H20Cl3N3. The van der Waals surface area contributed by atoms with Crippen molar-refractivity contribution in [2.45, 2.75) is 11.8 Å². The number of rotatable bonds is 3. The predicted octanol–water partition coefficient (Wildman–Crippen LogP) is 1.80. The van der Waals surface area contributed by atoms with Crippen LogP contribution in [0.3, 0.4) is 0 Å². The van der Waals surface area contributed by atoms with Crippen LogP contribution < -0.4 is 10.6 Å². The fraction of sp³-hybridized carbons (Fsp3) is 0.545. The molecule has 1 aromatic heterocycles. The van der Waals surface area contributed by atoms with E-state index in [0.717, 1.165) is 19.6 Å². The molecule has 0 bridgehead atoms. The van der Waals surface area contributed by atoms with Crippen molar-refractivity contribution < 1.29 is 0 Å². The number of nitrogens with one attached hydrogen (secondary N) is 2. The van der Waals surface area contributed by atoms with Crippen LogP contribution in [0.4, 0.5) is 0 Å². The SMILES string of the molecule is CNCC1(c2ccncc2)CCNC1.Cl.Cl.Cl. The monoisotopic (exact) mass is 299 g/mol. The van der Waals surface area contributed by atoms with E-state index in [4.69, 9.17) is 0 Å². The molecule has 17 heavy (non-hydrogen) atoms. The van der Waals surface area contributed by atoms with Crippen molar-refractivity contribution >= 4 is 37.2 Å². The first-order valence-corrected chi connectivity index (χ1v) is 5.13. The van der Waals surface area contributed by atoms with E-state index < -0.39 is 0 Å². The van der Waals surface area contributed by atoms with Crippen LogP contribution in [0.25, 0.3) is 0 Å². The van der Waals surface area contributed by atoms with Gasteiger partial charge in [-0.15, -0.1) is 37.2 Å². The summed E-state index contributed by atoms with van der Waals surface area (Å²) in [5.74, 6) is 0. The Bertz CT molecular complexity index is 289. The Morgan fingerprint density at radius 1 is 1.29 bits per heavy atom. The molecule has 0 saturated carbocycles. The minimum absolute atomic E-state index is 0. The van der Waals surface area contributed by atoms with Gasteiger partial charge in [0, 0.05) is 30.9 Å². The summed E-state index contributed by atoms with van der Waals surface area (Å²) in [6, 6.07) is 4.26. The molecule has 1 aliphatic heterocycles. The van der Waals surface area contributed by atoms with Gasteiger partial charge in [-0.05, 0) is 37.7 Å². The lowest BCUT2D eigenvalue weighted by molar-refractivity contribution is 0.447. The third kappa shape index (κ3) is 4.27. The third-order valence-electron chi connectivity index (χ3n) is 3.05. The summed E-state index contributed by atoms with van der Waals surface area (Å²) in [7, 11) is 2.02. The Morgan fingerprint density at radius 3 is 2.41 bits per heavy atom. The normalized spacial score (nSPS) is 21.9. The topological polar surface area (TPSA) is 37.0 Å². The van der Waals surface area contributed by atoms with Gasteiger partial charge in [0.1, 0.15) is 0 Å². The molecule has 0 amide bonds. The van der Waals surface area contributed by atoms with Crippen LogP contribution in [0.1, 0.15) is 12.0 Å². The number of halogens is 3. The molecule has 6 heteroatoms. The summed E-state index contributed by atoms with van der Waals surface area (Å²) in [4.78, 5) is 4.07. The molecule has 1 saturated heterocycles. The maximum absolute atomic E-state index is 4.07. The second kappa shape index (κ2) is 8.95. The van der Waals surface area contributed by atoms with Crippen LogP contribution >= 0.6 is 37.2 Å². The number of likely N-dealkylation sites (N-methyl/N-ethyl adjacent to an activating group) is 1. The van der Waals surface area contributed by atoms with Crippen molar-refractivity contribution in [1.82, 2.24) is 15.6 Å². The molecule has 2 N–H and O–H groups in total. The first kappa shape index (κ1) is 19.3. The molecule has 1 atom stereocenters. The molecule has 2 heterocycles. The largest absolute Gasteiger partial charge is 0.319 e. The molecule has 100 valence electrons. The van der Waals surface area contributed by atoms with Gasteiger partial charge in [-0.25, -0.2) is 0 Å². The summed E-state index contributed by atoms with van der Waals surface area (Å²) in [6.07, 6.45) is 4.97. The lowest BCUT2D eigenvalue weighted by Gasteiger charge is -2.28. The van der Waals surface area contributed by atoms with E-state index in [9.17, 15) is 0 Å². The van der Waals surface area contributed by atoms with Gasteiger partial charge >= 0.3 is 0 Å². The van der Waals surface area contributed by atoms with E-state index in [1.54, 1.807) is 0 Å². The number of pyridine rings is 1. The standard InChI is InChI=1S/C11H17N3.3ClH/c1-12-8-11(4-7-14-9-11)10-2-5-13-6-3-10;;;/h2-3,5-6,12,14H,4,7-9H2,1H3;3*1H. The van der Waals surface area contributed by atoms with E-state index in [2.05, 4.69) is 27.8 Å². The van der Waals surface area contributed by atoms with E-state index >= 15 is 0 Å². The van der Waals surface area contributed by atoms with Gasteiger partial charge in [-0.3, -0.25) is 4.98 Å². The van der Waals surface area contributed by atoms with Gasteiger partial charge in [-0.1, -0.05) is 0 Å². The van der Waals surface area contributed by atoms with Crippen molar-refractivity contribution in [3.05, 3.63) is 30.1 Å². The molecule has 2 rings (SSSR count). The van der Waals surface area contributed by atoms with Gasteiger partial charge in [-0.2, -0.15) is 0 Å². The predicted molar refractivity (Wildman–Crippen MR) is 79.1 cm³/mol. The molecule has 0 radical (unpaired) electrons. The van der Waals surface area contributed by atoms with Crippen molar-refractivity contribution in [3.8, 4) is 0 Å². The fourth-order valence-corrected chi connectivity index (χ4v) is 2.29. The van der Waals surface area contributed by atoms with Crippen molar-refractivity contribution in [2.75, 3.05) is 26.7 Å². The maximum atomic E-state index is 4.07. The van der Waals surface area contributed by atoms with Gasteiger partial charge in [0.2, 0.25) is 0 Å². The first-order valence-electron chi connectivity index (χ1n) is 5.13. The van der Waals surface area contributed by atoms with E-state index in [1.807, 2.05) is 19.4 Å². The fourth-order valence-electron chi connectivity index (χ4n) is 2.29. The highest BCUT2D eigenvalue weighted by Gasteiger charge is 2.34. The number of hydrogen-bond acceptors (Lipinski definition) is 3. The molecule has 3 nitrogen and oxygen atoms in total. The van der Waals surface area contributed by atoms with Gasteiger partial charge < -0.3 is 10.6 Å². The minimum Gasteiger partial charge on any atom is -0.319 e. The summed E-state index contributed by atoms with van der Waals surface area (Å²) < 4.78 is 0. The van der Waals surface area contributed by atoms with Crippen molar-refractivity contribution in [3.63, 3.8) is 0 Å². The molecule has 1 aromatic rings. The van der Waals surface area contributed by atoms with E-state index in [0.29, 0.717) is 0 Å². The van der Waals surface area contributed by atoms with Crippen molar-refractivity contribution in [1.29, 1.82) is 0 Å². The summed E-state index contributed by atoms with van der Waals surface area (Å²) in [5.41, 5.74) is 1.67. The van der Waals surface area contributed by atoms with Crippen LogP contribution in [0.5, 0.6) is 0 Å². The van der Waals surface area contributed by atoms with Gasteiger partial charge in [0.25, 0.3) is 0 Å². The Morgan fingerprint density at radius 2 is 1.94 bits per heavy atom. The highest BCUT2D eigenvalue weighted by molar-refractivity contribution is 5.86. The van der Waals surface area contributed by atoms with Gasteiger partial charge in [0.15, 0.2) is 0 Å². The van der Waals surface area contributed by atoms with E-state index in [1.165, 1.54) is 12.0 Å². The van der Waals surface area contributed by atoms with E-state index in [-0.39, 0.29) is 42.6 Å². The highest BCUT2D eigenvalue weighted by atomic mass is 35.5. The number of hydrogen-bond donors (Lipinski definition) is 2. The Balaban J connectivity index is 0. The minimum atomic E-state index is 0. The third-order valence-corrected chi connectivity index (χ3v) is 3.05. The second-order valence-electron chi connectivity index (χ2n) is 3.97. The number of aromatic nitrogens is 1.